The third-order valence-corrected chi connectivity index (χ3v) is 2.61. The van der Waals surface area contributed by atoms with Crippen molar-refractivity contribution in [3.63, 3.8) is 0 Å². The minimum Gasteiger partial charge on any atom is 0 e. The summed E-state index contributed by atoms with van der Waals surface area (Å²) in [5.41, 5.74) is 2.20. The topological polar surface area (TPSA) is 60.1 Å². The van der Waals surface area contributed by atoms with Gasteiger partial charge in [-0.15, -0.1) is 0 Å². The van der Waals surface area contributed by atoms with Crippen molar-refractivity contribution in [2.24, 2.45) is 0 Å². The average molecular weight is 365 g/mol. The van der Waals surface area contributed by atoms with Gasteiger partial charge in [-0.25, -0.2) is 0 Å². The van der Waals surface area contributed by atoms with Gasteiger partial charge < -0.3 is 9.69 Å². The predicted octanol–water partition coefficient (Wildman–Crippen LogP) is 3.04. The molecule has 1 aromatic rings. The fourth-order valence-electron chi connectivity index (χ4n) is 1.50. The van der Waals surface area contributed by atoms with Gasteiger partial charge in [-0.2, -0.15) is 0 Å². The molecule has 0 heterocycles. The Morgan fingerprint density at radius 3 is 1.71 bits per heavy atom. The van der Waals surface area contributed by atoms with Gasteiger partial charge in [0.2, 0.25) is 0 Å². The van der Waals surface area contributed by atoms with E-state index >= 15 is 0 Å². The number of rotatable bonds is 4. The molecule has 2 rings (SSSR count). The first-order valence-electron chi connectivity index (χ1n) is 6.62. The number of benzene rings is 1. The summed E-state index contributed by atoms with van der Waals surface area (Å²) in [6.07, 6.45) is 12.3. The number of hydrogen-bond donors (Lipinski definition) is 0. The summed E-state index contributed by atoms with van der Waals surface area (Å²) in [6, 6.07) is 8.00. The molecule has 0 bridgehead atoms. The molecule has 4 nitrogen and oxygen atoms in total. The standard InChI is InChI=1S/C11H13NO.C6H7.2CO.Mn/c1-12(2)11-7-5-10(6-8-11)4-3-9-13;1-6-4-2-3-5-6;2*1-2;/h3-9H,1-2H3;2-5H,1H3;;;. The maximum Gasteiger partial charge on any atom is 0 e. The Morgan fingerprint density at radius 2 is 1.42 bits per heavy atom. The Balaban J connectivity index is -0.000000337. The molecule has 0 aromatic heterocycles. The van der Waals surface area contributed by atoms with Crippen LogP contribution in [-0.2, 0) is 31.2 Å². The SMILES string of the molecule is CN(C)c1ccc([CH][CH]C=O)cc1.C[C]1[CH][CH][CH][CH]1.[C-]#[O+].[C-]#[O+].[Mn]. The first-order valence-corrected chi connectivity index (χ1v) is 6.62. The van der Waals surface area contributed by atoms with Crippen LogP contribution in [0.15, 0.2) is 24.3 Å². The molecule has 0 atom stereocenters. The van der Waals surface area contributed by atoms with Gasteiger partial charge in [0.05, 0.1) is 0 Å². The van der Waals surface area contributed by atoms with Crippen LogP contribution in [0.4, 0.5) is 5.69 Å². The number of hydrogen-bond acceptors (Lipinski definition) is 2. The van der Waals surface area contributed by atoms with Crippen LogP contribution in [0.2, 0.25) is 0 Å². The van der Waals surface area contributed by atoms with Crippen LogP contribution in [0.25, 0.3) is 0 Å². The van der Waals surface area contributed by atoms with E-state index in [0.29, 0.717) is 0 Å². The fraction of sp³-hybridized carbons (Fsp3) is 0.158. The Hall–Kier alpha value is -1.31. The molecule has 126 valence electrons. The van der Waals surface area contributed by atoms with Crippen LogP contribution in [0, 0.1) is 57.7 Å². The molecular weight excluding hydrogens is 345 g/mol. The van der Waals surface area contributed by atoms with E-state index < -0.39 is 0 Å². The summed E-state index contributed by atoms with van der Waals surface area (Å²) in [5.74, 6) is 1.34. The largest absolute Gasteiger partial charge is 0 e. The summed E-state index contributed by atoms with van der Waals surface area (Å²) in [7, 11) is 3.99. The van der Waals surface area contributed by atoms with Crippen LogP contribution < -0.4 is 4.90 Å². The van der Waals surface area contributed by atoms with Crippen LogP contribution in [-0.4, -0.2) is 20.4 Å². The second-order valence-electron chi connectivity index (χ2n) is 4.44. The average Bonchev–Trinajstić information content (AvgIpc) is 3.08. The number of carbonyl (C=O) groups excluding carboxylic acids is 1. The van der Waals surface area contributed by atoms with E-state index in [2.05, 4.69) is 33.1 Å². The Morgan fingerprint density at radius 1 is 0.958 bits per heavy atom. The zero-order valence-corrected chi connectivity index (χ0v) is 15.1. The Bertz CT molecular complexity index is 429. The third-order valence-electron chi connectivity index (χ3n) is 2.61. The molecule has 0 aliphatic heterocycles. The van der Waals surface area contributed by atoms with Gasteiger partial charge in [-0.05, 0) is 49.3 Å². The quantitative estimate of drug-likeness (QED) is 0.356. The van der Waals surface area contributed by atoms with Crippen molar-refractivity contribution in [2.75, 3.05) is 19.0 Å². The summed E-state index contributed by atoms with van der Waals surface area (Å²) < 4.78 is 15.0. The summed E-state index contributed by atoms with van der Waals surface area (Å²) >= 11 is 0. The molecule has 1 aromatic carbocycles. The number of anilines is 1. The summed E-state index contributed by atoms with van der Waals surface area (Å²) in [5, 5.41) is 0. The van der Waals surface area contributed by atoms with Gasteiger partial charge in [0.1, 0.15) is 6.29 Å². The van der Waals surface area contributed by atoms with Gasteiger partial charge >= 0.3 is 22.6 Å². The van der Waals surface area contributed by atoms with Crippen LogP contribution in [0.5, 0.6) is 0 Å². The molecule has 0 spiro atoms. The molecule has 1 aliphatic carbocycles. The van der Waals surface area contributed by atoms with E-state index in [1.54, 1.807) is 6.42 Å². The predicted molar refractivity (Wildman–Crippen MR) is 88.5 cm³/mol. The molecule has 1 fully saturated rings. The molecule has 0 saturated heterocycles. The van der Waals surface area contributed by atoms with E-state index in [-0.39, 0.29) is 17.1 Å². The normalized spacial score (nSPS) is 11.8. The van der Waals surface area contributed by atoms with Crippen molar-refractivity contribution in [2.45, 2.75) is 6.92 Å². The maximum absolute atomic E-state index is 10.1. The van der Waals surface area contributed by atoms with Crippen molar-refractivity contribution in [3.8, 4) is 0 Å². The number of nitrogens with zero attached hydrogens (tertiary/aromatic N) is 1. The number of carbonyl (C=O) groups is 1. The van der Waals surface area contributed by atoms with Crippen molar-refractivity contribution >= 4 is 12.0 Å². The van der Waals surface area contributed by atoms with Gasteiger partial charge in [0, 0.05) is 49.7 Å². The smallest absolute Gasteiger partial charge is 0 e. The number of aldehydes is 1. The minimum atomic E-state index is 0. The first-order chi connectivity index (χ1) is 11.1. The van der Waals surface area contributed by atoms with Crippen molar-refractivity contribution in [1.29, 1.82) is 0 Å². The molecule has 24 heavy (non-hydrogen) atoms. The fourth-order valence-corrected chi connectivity index (χ4v) is 1.50. The zero-order valence-electron chi connectivity index (χ0n) is 13.9. The van der Waals surface area contributed by atoms with Crippen molar-refractivity contribution in [3.05, 3.63) is 87.6 Å². The first kappa shape index (κ1) is 27.5. The van der Waals surface area contributed by atoms with Gasteiger partial charge in [0.15, 0.2) is 0 Å². The molecule has 5 heteroatoms. The molecule has 0 amide bonds. The molecule has 0 N–H and O–H groups in total. The third kappa shape index (κ3) is 14.3. The molecular formula is C19H20MnNO3. The van der Waals surface area contributed by atoms with Gasteiger partial charge in [-0.3, -0.25) is 0 Å². The second kappa shape index (κ2) is 19.7. The van der Waals surface area contributed by atoms with Gasteiger partial charge in [-0.1, -0.05) is 19.1 Å². The molecule has 0 unspecified atom stereocenters. The minimum absolute atomic E-state index is 0. The van der Waals surface area contributed by atoms with E-state index in [1.807, 2.05) is 56.1 Å². The molecule has 1 aliphatic rings. The zero-order chi connectivity index (χ0) is 18.1. The van der Waals surface area contributed by atoms with Crippen LogP contribution >= 0.6 is 0 Å². The second-order valence-corrected chi connectivity index (χ2v) is 4.44. The van der Waals surface area contributed by atoms with Crippen molar-refractivity contribution in [1.82, 2.24) is 0 Å². The summed E-state index contributed by atoms with van der Waals surface area (Å²) in [6.45, 7) is 11.1. The molecule has 8 radical (unpaired) electrons. The Kier molecular flexibility index (Phi) is 22.6. The Labute approximate surface area is 156 Å². The van der Waals surface area contributed by atoms with E-state index in [1.165, 1.54) is 12.3 Å². The van der Waals surface area contributed by atoms with Gasteiger partial charge in [0.25, 0.3) is 0 Å². The van der Waals surface area contributed by atoms with E-state index in [4.69, 9.17) is 9.30 Å². The van der Waals surface area contributed by atoms with E-state index in [0.717, 1.165) is 17.5 Å². The molecule has 1 saturated carbocycles. The van der Waals surface area contributed by atoms with Crippen molar-refractivity contribution < 1.29 is 31.2 Å². The monoisotopic (exact) mass is 365 g/mol. The van der Waals surface area contributed by atoms with E-state index in [9.17, 15) is 4.79 Å². The maximum atomic E-state index is 10.1. The van der Waals surface area contributed by atoms with Crippen LogP contribution in [0.3, 0.4) is 0 Å². The van der Waals surface area contributed by atoms with Crippen LogP contribution in [0.1, 0.15) is 12.5 Å². The summed E-state index contributed by atoms with van der Waals surface area (Å²) in [4.78, 5) is 12.1.